The van der Waals surface area contributed by atoms with E-state index in [-0.39, 0.29) is 17.1 Å². The quantitative estimate of drug-likeness (QED) is 0.140. The molecule has 0 atom stereocenters. The number of hydrogen-bond donors (Lipinski definition) is 1. The van der Waals surface area contributed by atoms with Crippen molar-refractivity contribution < 1.29 is 4.79 Å². The number of nitrogens with zero attached hydrogens (tertiary/aromatic N) is 1. The maximum atomic E-state index is 14.0. The first-order valence-corrected chi connectivity index (χ1v) is 14.8. The Bertz CT molecular complexity index is 1460. The lowest BCUT2D eigenvalue weighted by Crippen LogP contribution is -2.46. The van der Waals surface area contributed by atoms with Gasteiger partial charge in [-0.2, -0.15) is 0 Å². The smallest absolute Gasteiger partial charge is 0.295 e. The van der Waals surface area contributed by atoms with E-state index in [9.17, 15) is 9.59 Å². The minimum Gasteiger partial charge on any atom is -0.307 e. The molecular formula is C31H26N2O2PS+. The van der Waals surface area contributed by atoms with Crippen LogP contribution in [0.1, 0.15) is 16.2 Å². The van der Waals surface area contributed by atoms with E-state index >= 15 is 0 Å². The summed E-state index contributed by atoms with van der Waals surface area (Å²) >= 11 is 1.34. The zero-order chi connectivity index (χ0) is 25.7. The maximum absolute atomic E-state index is 14.0. The van der Waals surface area contributed by atoms with Gasteiger partial charge in [0, 0.05) is 5.56 Å². The van der Waals surface area contributed by atoms with Crippen LogP contribution >= 0.6 is 19.0 Å². The highest BCUT2D eigenvalue weighted by atomic mass is 32.2. The Labute approximate surface area is 221 Å². The van der Waals surface area contributed by atoms with Crippen LogP contribution in [-0.2, 0) is 0 Å². The first kappa shape index (κ1) is 24.9. The van der Waals surface area contributed by atoms with E-state index in [4.69, 9.17) is 4.98 Å². The zero-order valence-electron chi connectivity index (χ0n) is 20.4. The molecule has 0 aliphatic rings. The molecule has 0 amide bonds. The third kappa shape index (κ3) is 4.93. The second-order valence-corrected chi connectivity index (χ2v) is 12.9. The molecule has 182 valence electrons. The number of hydrogen-bond acceptors (Lipinski definition) is 4. The predicted molar refractivity (Wildman–Crippen MR) is 156 cm³/mol. The number of carbonyl (C=O) groups excluding carboxylic acids is 1. The van der Waals surface area contributed by atoms with Gasteiger partial charge in [-0.1, -0.05) is 96.7 Å². The van der Waals surface area contributed by atoms with Gasteiger partial charge >= 0.3 is 0 Å². The van der Waals surface area contributed by atoms with Crippen LogP contribution in [0.4, 0.5) is 0 Å². The van der Waals surface area contributed by atoms with Crippen molar-refractivity contribution in [2.24, 2.45) is 0 Å². The summed E-state index contributed by atoms with van der Waals surface area (Å²) in [6.45, 7) is 1.78. The second-order valence-electron chi connectivity index (χ2n) is 8.56. The lowest BCUT2D eigenvalue weighted by atomic mass is 10.2. The fourth-order valence-corrected chi connectivity index (χ4v) is 10.3. The van der Waals surface area contributed by atoms with Crippen LogP contribution in [0.2, 0.25) is 0 Å². The lowest BCUT2D eigenvalue weighted by molar-refractivity contribution is 0.102. The minimum atomic E-state index is -2.67. The average molecular weight is 522 g/mol. The SMILES string of the molecule is Cc1nc(SCC(=O)c2ccccc2)c([P+](c2ccccc2)(c2ccccc2)c2ccccc2)c(=O)[nH]1. The normalized spacial score (nSPS) is 11.3. The number of nitrogens with one attached hydrogen (secondary N) is 1. The van der Waals surface area contributed by atoms with E-state index in [0.29, 0.717) is 21.7 Å². The van der Waals surface area contributed by atoms with Gasteiger partial charge in [-0.3, -0.25) is 9.59 Å². The van der Waals surface area contributed by atoms with Crippen LogP contribution in [0.5, 0.6) is 0 Å². The Balaban J connectivity index is 1.78. The highest BCUT2D eigenvalue weighted by Gasteiger charge is 2.52. The summed E-state index contributed by atoms with van der Waals surface area (Å²) < 4.78 is 0. The summed E-state index contributed by atoms with van der Waals surface area (Å²) in [6.07, 6.45) is 0. The fourth-order valence-electron chi connectivity index (χ4n) is 4.58. The maximum Gasteiger partial charge on any atom is 0.295 e. The zero-order valence-corrected chi connectivity index (χ0v) is 22.1. The van der Waals surface area contributed by atoms with Crippen LogP contribution in [0.15, 0.2) is 131 Å². The van der Waals surface area contributed by atoms with Gasteiger partial charge in [0.05, 0.1) is 5.75 Å². The van der Waals surface area contributed by atoms with Crippen molar-refractivity contribution in [1.29, 1.82) is 0 Å². The molecule has 5 aromatic rings. The van der Waals surface area contributed by atoms with Crippen molar-refractivity contribution in [3.8, 4) is 0 Å². The third-order valence-electron chi connectivity index (χ3n) is 6.18. The Kier molecular flexibility index (Phi) is 7.45. The van der Waals surface area contributed by atoms with Crippen LogP contribution in [0, 0.1) is 6.92 Å². The van der Waals surface area contributed by atoms with Gasteiger partial charge in [0.1, 0.15) is 26.8 Å². The molecule has 0 saturated heterocycles. The molecule has 0 aliphatic carbocycles. The first-order chi connectivity index (χ1) is 18.1. The first-order valence-electron chi connectivity index (χ1n) is 12.0. The minimum absolute atomic E-state index is 0.000601. The average Bonchev–Trinajstić information content (AvgIpc) is 2.95. The molecule has 1 aromatic heterocycles. The number of thioether (sulfide) groups is 1. The van der Waals surface area contributed by atoms with Crippen LogP contribution in [0.3, 0.4) is 0 Å². The Morgan fingerprint density at radius 2 is 1.16 bits per heavy atom. The largest absolute Gasteiger partial charge is 0.307 e. The van der Waals surface area contributed by atoms with Gasteiger partial charge in [0.25, 0.3) is 5.56 Å². The second kappa shape index (κ2) is 11.1. The molecular weight excluding hydrogens is 495 g/mol. The summed E-state index contributed by atoms with van der Waals surface area (Å²) in [6, 6.07) is 39.8. The van der Waals surface area contributed by atoms with Crippen molar-refractivity contribution in [3.63, 3.8) is 0 Å². The highest BCUT2D eigenvalue weighted by Crippen LogP contribution is 2.54. The number of ketones is 1. The summed E-state index contributed by atoms with van der Waals surface area (Å²) in [7, 11) is -2.67. The molecule has 0 radical (unpaired) electrons. The molecule has 0 bridgehead atoms. The van der Waals surface area contributed by atoms with Crippen molar-refractivity contribution in [2.45, 2.75) is 11.9 Å². The molecule has 37 heavy (non-hydrogen) atoms. The molecule has 0 saturated carbocycles. The van der Waals surface area contributed by atoms with Gasteiger partial charge in [0.15, 0.2) is 13.0 Å². The number of Topliss-reactive ketones (excluding diaryl/α,β-unsaturated/α-hetero) is 1. The number of aromatic nitrogens is 2. The van der Waals surface area contributed by atoms with Crippen molar-refractivity contribution >= 4 is 46.0 Å². The Morgan fingerprint density at radius 1 is 0.730 bits per heavy atom. The predicted octanol–water partition coefficient (Wildman–Crippen LogP) is 4.67. The number of rotatable bonds is 8. The molecule has 4 nitrogen and oxygen atoms in total. The summed E-state index contributed by atoms with van der Waals surface area (Å²) in [4.78, 5) is 34.8. The van der Waals surface area contributed by atoms with Crippen molar-refractivity contribution in [3.05, 3.63) is 143 Å². The Morgan fingerprint density at radius 3 is 1.62 bits per heavy atom. The molecule has 0 spiro atoms. The number of H-pyrrole nitrogens is 1. The topological polar surface area (TPSA) is 62.8 Å². The Hall–Kier alpha value is -3.79. The summed E-state index contributed by atoms with van der Waals surface area (Å²) in [5.74, 6) is 0.709. The van der Waals surface area contributed by atoms with E-state index < -0.39 is 7.26 Å². The van der Waals surface area contributed by atoms with Crippen molar-refractivity contribution in [1.82, 2.24) is 9.97 Å². The van der Waals surface area contributed by atoms with E-state index in [1.807, 2.05) is 84.9 Å². The van der Waals surface area contributed by atoms with E-state index in [1.165, 1.54) is 11.8 Å². The summed E-state index contributed by atoms with van der Waals surface area (Å²) in [5.41, 5.74) is 0.473. The van der Waals surface area contributed by atoms with Gasteiger partial charge in [0.2, 0.25) is 5.30 Å². The van der Waals surface area contributed by atoms with Crippen LogP contribution in [0.25, 0.3) is 0 Å². The molecule has 1 heterocycles. The molecule has 0 unspecified atom stereocenters. The highest BCUT2D eigenvalue weighted by molar-refractivity contribution is 8.04. The van der Waals surface area contributed by atoms with Crippen molar-refractivity contribution in [2.75, 3.05) is 5.75 Å². The van der Waals surface area contributed by atoms with Gasteiger partial charge in [-0.25, -0.2) is 4.98 Å². The van der Waals surface area contributed by atoms with E-state index in [1.54, 1.807) is 6.92 Å². The fraction of sp³-hybridized carbons (Fsp3) is 0.0645. The number of carbonyl (C=O) groups is 1. The van der Waals surface area contributed by atoms with Gasteiger partial charge < -0.3 is 4.98 Å². The van der Waals surface area contributed by atoms with E-state index in [0.717, 1.165) is 15.9 Å². The molecule has 0 aliphatic heterocycles. The standard InChI is InChI=1S/C31H25N2O2PS/c1-23-32-30(35)29(31(33-23)37-22-28(34)24-14-6-2-7-15-24)36(25-16-8-3-9-17-25,26-18-10-4-11-19-26)27-20-12-5-13-21-27/h2-21H,22H2,1H3/p+1. The van der Waals surface area contributed by atoms with Gasteiger partial charge in [-0.05, 0) is 43.3 Å². The molecule has 4 aromatic carbocycles. The molecule has 6 heteroatoms. The van der Waals surface area contributed by atoms with E-state index in [2.05, 4.69) is 41.4 Å². The number of benzene rings is 4. The molecule has 0 fully saturated rings. The van der Waals surface area contributed by atoms with Crippen LogP contribution in [-0.4, -0.2) is 21.5 Å². The van der Waals surface area contributed by atoms with Crippen LogP contribution < -0.4 is 26.8 Å². The van der Waals surface area contributed by atoms with Gasteiger partial charge in [-0.15, -0.1) is 0 Å². The lowest BCUT2D eigenvalue weighted by Gasteiger charge is -2.27. The monoisotopic (exact) mass is 521 g/mol. The third-order valence-corrected chi connectivity index (χ3v) is 11.6. The summed E-state index contributed by atoms with van der Waals surface area (Å²) in [5, 5.41) is 4.38. The molecule has 5 rings (SSSR count). The number of aromatic amines is 1. The number of aryl methyl sites for hydroxylation is 1. The molecule has 1 N–H and O–H groups in total.